The molecule has 0 bridgehead atoms. The number of carbonyl (C=O) groups is 1. The summed E-state index contributed by atoms with van der Waals surface area (Å²) in [6, 6.07) is 18.3. The number of carbonyl (C=O) groups excluding carboxylic acids is 1. The Bertz CT molecular complexity index is 1210. The molecule has 0 atom stereocenters. The SMILES string of the molecule is COc1ccc(S(=O)(=O)N(CC(=O)NCc2ccc(OC(C)C)cc2)c2ccccc2F)cc1. The number of rotatable bonds is 10. The van der Waals surface area contributed by atoms with E-state index in [9.17, 15) is 17.6 Å². The lowest BCUT2D eigenvalue weighted by atomic mass is 10.2. The van der Waals surface area contributed by atoms with E-state index >= 15 is 0 Å². The van der Waals surface area contributed by atoms with Gasteiger partial charge in [-0.25, -0.2) is 12.8 Å². The number of nitrogens with one attached hydrogen (secondary N) is 1. The molecule has 0 fully saturated rings. The lowest BCUT2D eigenvalue weighted by Gasteiger charge is -2.24. The minimum absolute atomic E-state index is 0.0440. The normalized spacial score (nSPS) is 11.2. The van der Waals surface area contributed by atoms with Gasteiger partial charge < -0.3 is 14.8 Å². The second-order valence-electron chi connectivity index (χ2n) is 7.73. The molecule has 0 saturated heterocycles. The Labute approximate surface area is 199 Å². The summed E-state index contributed by atoms with van der Waals surface area (Å²) in [5.74, 6) is -0.156. The second kappa shape index (κ2) is 11.0. The van der Waals surface area contributed by atoms with Crippen LogP contribution in [-0.2, 0) is 21.4 Å². The first-order valence-corrected chi connectivity index (χ1v) is 12.1. The van der Waals surface area contributed by atoms with Gasteiger partial charge in [0, 0.05) is 6.54 Å². The van der Waals surface area contributed by atoms with Gasteiger partial charge in [-0.15, -0.1) is 0 Å². The van der Waals surface area contributed by atoms with Crippen molar-refractivity contribution in [3.8, 4) is 11.5 Å². The molecule has 0 aliphatic rings. The zero-order valence-electron chi connectivity index (χ0n) is 19.2. The number of anilines is 1. The van der Waals surface area contributed by atoms with Crippen LogP contribution in [0.5, 0.6) is 11.5 Å². The Morgan fingerprint density at radius 3 is 2.18 bits per heavy atom. The Hall–Kier alpha value is -3.59. The predicted molar refractivity (Wildman–Crippen MR) is 128 cm³/mol. The fraction of sp³-hybridized carbons (Fsp3) is 0.240. The first-order chi connectivity index (χ1) is 16.2. The first-order valence-electron chi connectivity index (χ1n) is 10.6. The molecule has 34 heavy (non-hydrogen) atoms. The van der Waals surface area contributed by atoms with Gasteiger partial charge in [-0.05, 0) is 67.9 Å². The Balaban J connectivity index is 1.79. The van der Waals surface area contributed by atoms with Gasteiger partial charge in [-0.3, -0.25) is 9.10 Å². The van der Waals surface area contributed by atoms with Crippen molar-refractivity contribution in [3.05, 3.63) is 84.2 Å². The van der Waals surface area contributed by atoms with E-state index in [0.717, 1.165) is 15.9 Å². The standard InChI is InChI=1S/C25H27FN2O5S/c1-18(2)33-21-10-8-19(9-11-21)16-27-25(29)17-28(24-7-5-4-6-23(24)26)34(30,31)22-14-12-20(32-3)13-15-22/h4-15,18H,16-17H2,1-3H3,(H,27,29). The lowest BCUT2D eigenvalue weighted by Crippen LogP contribution is -2.41. The number of hydrogen-bond acceptors (Lipinski definition) is 5. The van der Waals surface area contributed by atoms with Crippen LogP contribution in [0.3, 0.4) is 0 Å². The fourth-order valence-electron chi connectivity index (χ4n) is 3.17. The summed E-state index contributed by atoms with van der Waals surface area (Å²) in [6.45, 7) is 3.43. The van der Waals surface area contributed by atoms with Crippen molar-refractivity contribution in [1.82, 2.24) is 5.32 Å². The van der Waals surface area contributed by atoms with Crippen molar-refractivity contribution in [2.75, 3.05) is 18.0 Å². The van der Waals surface area contributed by atoms with E-state index < -0.39 is 28.3 Å². The number of halogens is 1. The number of nitrogens with zero attached hydrogens (tertiary/aromatic N) is 1. The number of para-hydroxylation sites is 1. The molecule has 180 valence electrons. The monoisotopic (exact) mass is 486 g/mol. The number of benzene rings is 3. The smallest absolute Gasteiger partial charge is 0.264 e. The summed E-state index contributed by atoms with van der Waals surface area (Å²) in [4.78, 5) is 12.6. The third-order valence-electron chi connectivity index (χ3n) is 4.84. The molecule has 1 N–H and O–H groups in total. The molecule has 7 nitrogen and oxygen atoms in total. The van der Waals surface area contributed by atoms with Gasteiger partial charge in [0.1, 0.15) is 23.9 Å². The summed E-state index contributed by atoms with van der Waals surface area (Å²) in [7, 11) is -2.77. The number of hydrogen-bond donors (Lipinski definition) is 1. The van der Waals surface area contributed by atoms with Crippen LogP contribution in [0.2, 0.25) is 0 Å². The molecule has 3 aromatic carbocycles. The van der Waals surface area contributed by atoms with Crippen molar-refractivity contribution in [3.63, 3.8) is 0 Å². The van der Waals surface area contributed by atoms with Crippen LogP contribution in [0.4, 0.5) is 10.1 Å². The van der Waals surface area contributed by atoms with Crippen LogP contribution in [-0.4, -0.2) is 34.1 Å². The minimum Gasteiger partial charge on any atom is -0.497 e. The highest BCUT2D eigenvalue weighted by Crippen LogP contribution is 2.27. The number of ether oxygens (including phenoxy) is 2. The van der Waals surface area contributed by atoms with Crippen molar-refractivity contribution >= 4 is 21.6 Å². The maximum Gasteiger partial charge on any atom is 0.264 e. The average Bonchev–Trinajstić information content (AvgIpc) is 2.82. The molecule has 0 radical (unpaired) electrons. The molecule has 0 aliphatic carbocycles. The molecule has 9 heteroatoms. The van der Waals surface area contributed by atoms with Crippen LogP contribution in [0, 0.1) is 5.82 Å². The molecule has 3 rings (SSSR count). The second-order valence-corrected chi connectivity index (χ2v) is 9.59. The molecule has 3 aromatic rings. The van der Waals surface area contributed by atoms with Gasteiger partial charge in [0.05, 0.1) is 23.8 Å². The minimum atomic E-state index is -4.24. The summed E-state index contributed by atoms with van der Waals surface area (Å²) in [5.41, 5.74) is 0.587. The van der Waals surface area contributed by atoms with E-state index in [2.05, 4.69) is 5.32 Å². The zero-order chi connectivity index (χ0) is 24.7. The predicted octanol–water partition coefficient (Wildman–Crippen LogP) is 4.13. The van der Waals surface area contributed by atoms with Crippen LogP contribution < -0.4 is 19.1 Å². The number of sulfonamides is 1. The highest BCUT2D eigenvalue weighted by molar-refractivity contribution is 7.92. The van der Waals surface area contributed by atoms with Crippen LogP contribution >= 0.6 is 0 Å². The molecular formula is C25H27FN2O5S. The molecule has 0 aromatic heterocycles. The maximum absolute atomic E-state index is 14.6. The molecule has 0 aliphatic heterocycles. The van der Waals surface area contributed by atoms with E-state index in [1.165, 1.54) is 49.6 Å². The van der Waals surface area contributed by atoms with Crippen LogP contribution in [0.15, 0.2) is 77.7 Å². The van der Waals surface area contributed by atoms with Gasteiger partial charge in [-0.1, -0.05) is 24.3 Å². The van der Waals surface area contributed by atoms with Crippen molar-refractivity contribution in [2.45, 2.75) is 31.4 Å². The molecule has 1 amide bonds. The van der Waals surface area contributed by atoms with Gasteiger partial charge in [0.2, 0.25) is 5.91 Å². The van der Waals surface area contributed by atoms with Crippen LogP contribution in [0.25, 0.3) is 0 Å². The Morgan fingerprint density at radius 2 is 1.59 bits per heavy atom. The molecule has 0 heterocycles. The van der Waals surface area contributed by atoms with Gasteiger partial charge in [0.15, 0.2) is 0 Å². The van der Waals surface area contributed by atoms with E-state index in [0.29, 0.717) is 11.5 Å². The molecular weight excluding hydrogens is 459 g/mol. The van der Waals surface area contributed by atoms with Crippen molar-refractivity contribution in [1.29, 1.82) is 0 Å². The van der Waals surface area contributed by atoms with Crippen LogP contribution in [0.1, 0.15) is 19.4 Å². The van der Waals surface area contributed by atoms with Gasteiger partial charge in [-0.2, -0.15) is 0 Å². The summed E-state index contributed by atoms with van der Waals surface area (Å²) < 4.78 is 52.7. The van der Waals surface area contributed by atoms with E-state index in [-0.39, 0.29) is 23.2 Å². The van der Waals surface area contributed by atoms with Crippen molar-refractivity contribution < 1.29 is 27.1 Å². The van der Waals surface area contributed by atoms with Crippen molar-refractivity contribution in [2.24, 2.45) is 0 Å². The Kier molecular flexibility index (Phi) is 8.12. The fourth-order valence-corrected chi connectivity index (χ4v) is 4.60. The largest absolute Gasteiger partial charge is 0.497 e. The summed E-state index contributed by atoms with van der Waals surface area (Å²) >= 11 is 0. The number of amides is 1. The van der Waals surface area contributed by atoms with Gasteiger partial charge in [0.25, 0.3) is 10.0 Å². The quantitative estimate of drug-likeness (QED) is 0.466. The lowest BCUT2D eigenvalue weighted by molar-refractivity contribution is -0.119. The molecule has 0 spiro atoms. The molecule has 0 saturated carbocycles. The highest BCUT2D eigenvalue weighted by atomic mass is 32.2. The zero-order valence-corrected chi connectivity index (χ0v) is 20.0. The third kappa shape index (κ3) is 6.26. The van der Waals surface area contributed by atoms with Gasteiger partial charge >= 0.3 is 0 Å². The first kappa shape index (κ1) is 25.0. The topological polar surface area (TPSA) is 84.9 Å². The molecule has 0 unspecified atom stereocenters. The average molecular weight is 487 g/mol. The van der Waals surface area contributed by atoms with E-state index in [4.69, 9.17) is 9.47 Å². The van der Waals surface area contributed by atoms with E-state index in [1.54, 1.807) is 24.3 Å². The summed E-state index contributed by atoms with van der Waals surface area (Å²) in [6.07, 6.45) is 0.0440. The third-order valence-corrected chi connectivity index (χ3v) is 6.61. The summed E-state index contributed by atoms with van der Waals surface area (Å²) in [5, 5.41) is 2.69. The maximum atomic E-state index is 14.6. The van der Waals surface area contributed by atoms with E-state index in [1.807, 2.05) is 13.8 Å². The number of methoxy groups -OCH3 is 1. The Morgan fingerprint density at radius 1 is 0.971 bits per heavy atom. The highest BCUT2D eigenvalue weighted by Gasteiger charge is 2.29.